The smallest absolute Gasteiger partial charge is 0.262 e. The molecule has 3 heterocycles. The molecule has 6 nitrogen and oxygen atoms in total. The summed E-state index contributed by atoms with van der Waals surface area (Å²) < 4.78 is 1.63. The molecule has 1 unspecified atom stereocenters. The lowest BCUT2D eigenvalue weighted by Gasteiger charge is -2.17. The molecule has 0 fully saturated rings. The zero-order chi connectivity index (χ0) is 21.5. The number of amides is 1. The molecule has 1 amide bonds. The second kappa shape index (κ2) is 8.01. The molecule has 1 aliphatic rings. The number of aromatic nitrogens is 3. The normalized spacial score (nSPS) is 15.7. The van der Waals surface area contributed by atoms with Crippen LogP contribution in [0.1, 0.15) is 36.4 Å². The van der Waals surface area contributed by atoms with Crippen LogP contribution in [-0.2, 0) is 24.2 Å². The van der Waals surface area contributed by atoms with Gasteiger partial charge in [0.25, 0.3) is 5.56 Å². The number of carbonyl (C=O) groups is 1. The van der Waals surface area contributed by atoms with Crippen molar-refractivity contribution in [3.05, 3.63) is 68.5 Å². The third-order valence-electron chi connectivity index (χ3n) is 5.67. The lowest BCUT2D eigenvalue weighted by molar-refractivity contribution is -0.115. The quantitative estimate of drug-likeness (QED) is 0.449. The number of anilines is 2. The molecular weight excluding hydrogens is 428 g/mol. The highest BCUT2D eigenvalue weighted by molar-refractivity contribution is 7.18. The van der Waals surface area contributed by atoms with Crippen LogP contribution < -0.4 is 10.5 Å². The number of thiazole rings is 1. The molecule has 0 aliphatic heterocycles. The van der Waals surface area contributed by atoms with Gasteiger partial charge < -0.3 is 0 Å². The molecule has 1 atom stereocenters. The van der Waals surface area contributed by atoms with Gasteiger partial charge in [-0.15, -0.1) is 22.7 Å². The first kappa shape index (κ1) is 20.1. The zero-order valence-electron chi connectivity index (χ0n) is 17.4. The highest BCUT2D eigenvalue weighted by atomic mass is 32.1. The van der Waals surface area contributed by atoms with Crippen LogP contribution >= 0.6 is 22.7 Å². The second-order valence-electron chi connectivity index (χ2n) is 8.02. The predicted octanol–water partition coefficient (Wildman–Crippen LogP) is 4.77. The molecule has 8 heteroatoms. The van der Waals surface area contributed by atoms with Crippen molar-refractivity contribution in [2.45, 2.75) is 39.7 Å². The van der Waals surface area contributed by atoms with Crippen molar-refractivity contribution in [3.63, 3.8) is 0 Å². The molecule has 158 valence electrons. The van der Waals surface area contributed by atoms with E-state index in [0.29, 0.717) is 17.6 Å². The van der Waals surface area contributed by atoms with Gasteiger partial charge in [-0.1, -0.05) is 25.1 Å². The number of nitrogens with zero attached hydrogens (tertiary/aromatic N) is 4. The van der Waals surface area contributed by atoms with Crippen molar-refractivity contribution >= 4 is 49.6 Å². The summed E-state index contributed by atoms with van der Waals surface area (Å²) in [5.41, 5.74) is 2.70. The lowest BCUT2D eigenvalue weighted by Crippen LogP contribution is -2.23. The van der Waals surface area contributed by atoms with Crippen molar-refractivity contribution in [2.75, 3.05) is 4.90 Å². The molecule has 0 saturated heterocycles. The molecule has 0 spiro atoms. The summed E-state index contributed by atoms with van der Waals surface area (Å²) in [5.74, 6) is 0.552. The molecule has 1 aromatic carbocycles. The third-order valence-corrected chi connectivity index (χ3v) is 7.71. The maximum atomic E-state index is 13.3. The molecule has 4 aromatic rings. The molecule has 0 N–H and O–H groups in total. The van der Waals surface area contributed by atoms with Crippen LogP contribution in [0.3, 0.4) is 0 Å². The van der Waals surface area contributed by atoms with Crippen molar-refractivity contribution in [2.24, 2.45) is 5.92 Å². The summed E-state index contributed by atoms with van der Waals surface area (Å²) in [7, 11) is 0. The van der Waals surface area contributed by atoms with E-state index in [9.17, 15) is 9.59 Å². The van der Waals surface area contributed by atoms with Crippen molar-refractivity contribution < 1.29 is 4.79 Å². The minimum Gasteiger partial charge on any atom is -0.293 e. The van der Waals surface area contributed by atoms with Gasteiger partial charge in [0.05, 0.1) is 29.6 Å². The van der Waals surface area contributed by atoms with Gasteiger partial charge in [-0.25, -0.2) is 9.97 Å². The Morgan fingerprint density at radius 3 is 2.87 bits per heavy atom. The number of fused-ring (bicyclic) bond motifs is 3. The molecule has 0 saturated carbocycles. The van der Waals surface area contributed by atoms with E-state index in [2.05, 4.69) is 16.9 Å². The Bertz CT molecular complexity index is 1320. The number of rotatable bonds is 4. The topological polar surface area (TPSA) is 68.1 Å². The molecule has 1 aliphatic carbocycles. The van der Waals surface area contributed by atoms with E-state index in [0.717, 1.165) is 40.9 Å². The Hall–Kier alpha value is -2.84. The van der Waals surface area contributed by atoms with E-state index in [1.165, 1.54) is 28.7 Å². The van der Waals surface area contributed by atoms with E-state index in [-0.39, 0.29) is 11.5 Å². The van der Waals surface area contributed by atoms with Crippen LogP contribution in [0.4, 0.5) is 10.8 Å². The van der Waals surface area contributed by atoms with E-state index in [1.54, 1.807) is 27.1 Å². The number of hydrogen-bond donors (Lipinski definition) is 0. The SMILES string of the molecule is CC(=O)N(c1ccccc1)c1nc(Cn2cnc3sc4c(c3c2=O)CCC(C)C4)cs1. The Morgan fingerprint density at radius 2 is 2.10 bits per heavy atom. The summed E-state index contributed by atoms with van der Waals surface area (Å²) >= 11 is 3.05. The van der Waals surface area contributed by atoms with Gasteiger partial charge in [0.2, 0.25) is 5.91 Å². The van der Waals surface area contributed by atoms with Gasteiger partial charge in [0.1, 0.15) is 4.83 Å². The van der Waals surface area contributed by atoms with Crippen LogP contribution in [0, 0.1) is 5.92 Å². The van der Waals surface area contributed by atoms with Crippen LogP contribution in [0.5, 0.6) is 0 Å². The molecular formula is C23H22N4O2S2. The average molecular weight is 451 g/mol. The maximum absolute atomic E-state index is 13.3. The molecule has 3 aromatic heterocycles. The zero-order valence-corrected chi connectivity index (χ0v) is 19.0. The summed E-state index contributed by atoms with van der Waals surface area (Å²) in [4.78, 5) is 38.5. The number of aryl methyl sites for hydroxylation is 1. The van der Waals surface area contributed by atoms with Crippen molar-refractivity contribution in [3.8, 4) is 0 Å². The number of para-hydroxylation sites is 1. The first-order valence-corrected chi connectivity index (χ1v) is 12.0. The van der Waals surface area contributed by atoms with Gasteiger partial charge >= 0.3 is 0 Å². The minimum atomic E-state index is -0.105. The third kappa shape index (κ3) is 3.70. The van der Waals surface area contributed by atoms with E-state index < -0.39 is 0 Å². The van der Waals surface area contributed by atoms with Gasteiger partial charge in [-0.3, -0.25) is 19.1 Å². The Labute approximate surface area is 187 Å². The Morgan fingerprint density at radius 1 is 1.29 bits per heavy atom. The Kier molecular flexibility index (Phi) is 5.19. The van der Waals surface area contributed by atoms with Gasteiger partial charge in [-0.05, 0) is 42.9 Å². The van der Waals surface area contributed by atoms with Crippen LogP contribution in [-0.4, -0.2) is 20.4 Å². The minimum absolute atomic E-state index is 0.00177. The van der Waals surface area contributed by atoms with Crippen LogP contribution in [0.2, 0.25) is 0 Å². The lowest BCUT2D eigenvalue weighted by atomic mass is 9.89. The fraction of sp³-hybridized carbons (Fsp3) is 0.304. The van der Waals surface area contributed by atoms with E-state index >= 15 is 0 Å². The molecule has 0 bridgehead atoms. The largest absolute Gasteiger partial charge is 0.293 e. The fourth-order valence-electron chi connectivity index (χ4n) is 4.13. The van der Waals surface area contributed by atoms with Crippen LogP contribution in [0.25, 0.3) is 10.2 Å². The summed E-state index contributed by atoms with van der Waals surface area (Å²) in [6.45, 7) is 4.12. The maximum Gasteiger partial charge on any atom is 0.262 e. The summed E-state index contributed by atoms with van der Waals surface area (Å²) in [5, 5.41) is 3.27. The van der Waals surface area contributed by atoms with Crippen LogP contribution in [0.15, 0.2) is 46.8 Å². The first-order valence-electron chi connectivity index (χ1n) is 10.3. The Balaban J connectivity index is 1.47. The number of hydrogen-bond acceptors (Lipinski definition) is 6. The summed E-state index contributed by atoms with van der Waals surface area (Å²) in [6.07, 6.45) is 4.71. The van der Waals surface area contributed by atoms with E-state index in [1.807, 2.05) is 35.7 Å². The second-order valence-corrected chi connectivity index (χ2v) is 9.94. The highest BCUT2D eigenvalue weighted by Gasteiger charge is 2.23. The van der Waals surface area contributed by atoms with Crippen molar-refractivity contribution in [1.29, 1.82) is 0 Å². The average Bonchev–Trinajstić information content (AvgIpc) is 3.35. The van der Waals surface area contributed by atoms with Gasteiger partial charge in [0.15, 0.2) is 5.13 Å². The van der Waals surface area contributed by atoms with Crippen molar-refractivity contribution in [1.82, 2.24) is 14.5 Å². The number of thiophene rings is 1. The predicted molar refractivity (Wildman–Crippen MR) is 126 cm³/mol. The highest BCUT2D eigenvalue weighted by Crippen LogP contribution is 2.35. The first-order chi connectivity index (χ1) is 15.0. The standard InChI is InChI=1S/C23H22N4O2S2/c1-14-8-9-18-19(10-14)31-21-20(18)22(29)26(13-24-21)11-16-12-30-23(25-16)27(15(2)28)17-6-4-3-5-7-17/h3-7,12-14H,8-11H2,1-2H3. The fourth-order valence-corrected chi connectivity index (χ4v) is 6.35. The van der Waals surface area contributed by atoms with Gasteiger partial charge in [0, 0.05) is 17.2 Å². The molecule has 5 rings (SSSR count). The molecule has 0 radical (unpaired) electrons. The monoisotopic (exact) mass is 450 g/mol. The number of benzene rings is 1. The van der Waals surface area contributed by atoms with Gasteiger partial charge in [-0.2, -0.15) is 0 Å². The number of carbonyl (C=O) groups excluding carboxylic acids is 1. The summed E-state index contributed by atoms with van der Waals surface area (Å²) in [6, 6.07) is 9.45. The molecule has 31 heavy (non-hydrogen) atoms. The van der Waals surface area contributed by atoms with E-state index in [4.69, 9.17) is 0 Å².